The quantitative estimate of drug-likeness (QED) is 0.761. The zero-order chi connectivity index (χ0) is 19.4. The highest BCUT2D eigenvalue weighted by atomic mass is 32.2. The van der Waals surface area contributed by atoms with E-state index in [0.717, 1.165) is 0 Å². The minimum absolute atomic E-state index is 0.0278. The first-order valence-corrected chi connectivity index (χ1v) is 10.9. The first-order chi connectivity index (χ1) is 12.9. The van der Waals surface area contributed by atoms with E-state index in [1.165, 1.54) is 15.6 Å². The van der Waals surface area contributed by atoms with Crippen LogP contribution in [0, 0.1) is 5.92 Å². The molecule has 1 fully saturated rings. The number of thiophene rings is 1. The Balaban J connectivity index is 1.72. The van der Waals surface area contributed by atoms with Gasteiger partial charge in [0.15, 0.2) is 0 Å². The van der Waals surface area contributed by atoms with Crippen molar-refractivity contribution in [3.05, 3.63) is 47.3 Å². The molecule has 3 rings (SSSR count). The van der Waals surface area contributed by atoms with E-state index >= 15 is 0 Å². The molecule has 9 heteroatoms. The van der Waals surface area contributed by atoms with E-state index in [4.69, 9.17) is 5.73 Å². The third-order valence-corrected chi connectivity index (χ3v) is 7.72. The van der Waals surface area contributed by atoms with Crippen LogP contribution in [0.25, 0.3) is 0 Å². The summed E-state index contributed by atoms with van der Waals surface area (Å²) in [5.74, 6) is -1.18. The fraction of sp³-hybridized carbons (Fsp3) is 0.333. The average Bonchev–Trinajstić information content (AvgIpc) is 3.18. The number of rotatable bonds is 6. The normalized spacial score (nSPS) is 18.1. The van der Waals surface area contributed by atoms with Crippen LogP contribution < -0.4 is 11.1 Å². The monoisotopic (exact) mass is 407 g/mol. The number of anilines is 1. The lowest BCUT2D eigenvalue weighted by Crippen LogP contribution is -2.43. The van der Waals surface area contributed by atoms with Gasteiger partial charge in [0.1, 0.15) is 4.21 Å². The predicted molar refractivity (Wildman–Crippen MR) is 104 cm³/mol. The van der Waals surface area contributed by atoms with Crippen LogP contribution in [0.15, 0.2) is 46.0 Å². The smallest absolute Gasteiger partial charge is 0.252 e. The first-order valence-electron chi connectivity index (χ1n) is 8.58. The molecule has 1 aliphatic heterocycles. The number of hydrogen-bond donors (Lipinski definition) is 2. The van der Waals surface area contributed by atoms with Crippen molar-refractivity contribution in [3.8, 4) is 0 Å². The lowest BCUT2D eigenvalue weighted by Gasteiger charge is -2.31. The van der Waals surface area contributed by atoms with Crippen LogP contribution in [0.2, 0.25) is 0 Å². The molecule has 0 radical (unpaired) electrons. The van der Waals surface area contributed by atoms with Crippen molar-refractivity contribution in [1.29, 1.82) is 0 Å². The number of carbonyl (C=O) groups is 2. The Morgan fingerprint density at radius 3 is 2.70 bits per heavy atom. The molecule has 1 atom stereocenters. The fourth-order valence-electron chi connectivity index (χ4n) is 3.13. The molecule has 2 heterocycles. The molecule has 1 aromatic heterocycles. The third kappa shape index (κ3) is 4.55. The molecule has 3 N–H and O–H groups in total. The van der Waals surface area contributed by atoms with Gasteiger partial charge in [0.25, 0.3) is 10.0 Å². The summed E-state index contributed by atoms with van der Waals surface area (Å²) in [5, 5.41) is 4.55. The van der Waals surface area contributed by atoms with Gasteiger partial charge in [0, 0.05) is 18.8 Å². The van der Waals surface area contributed by atoms with Gasteiger partial charge in [-0.25, -0.2) is 8.42 Å². The Bertz CT molecular complexity index is 926. The van der Waals surface area contributed by atoms with E-state index in [0.29, 0.717) is 30.6 Å². The molecular formula is C18H21N3O4S2. The standard InChI is InChI=1S/C18H21N3O4S2/c19-16(22)11-13-5-1-2-7-15(13)20-18(23)14-6-3-9-21(12-14)27(24,25)17-8-4-10-26-17/h1-2,4-5,7-8,10,14H,3,6,9,11-12H2,(H2,19,22)(H,20,23). The zero-order valence-corrected chi connectivity index (χ0v) is 16.3. The number of hydrogen-bond acceptors (Lipinski definition) is 5. The molecule has 1 unspecified atom stereocenters. The summed E-state index contributed by atoms with van der Waals surface area (Å²) in [6, 6.07) is 10.2. The molecule has 2 amide bonds. The van der Waals surface area contributed by atoms with Crippen LogP contribution >= 0.6 is 11.3 Å². The van der Waals surface area contributed by atoms with E-state index in [1.807, 2.05) is 0 Å². The maximum absolute atomic E-state index is 12.7. The van der Waals surface area contributed by atoms with Gasteiger partial charge in [-0.05, 0) is 35.9 Å². The Kier molecular flexibility index (Phi) is 5.93. The van der Waals surface area contributed by atoms with Crippen molar-refractivity contribution in [2.24, 2.45) is 11.7 Å². The maximum Gasteiger partial charge on any atom is 0.252 e. The van der Waals surface area contributed by atoms with Crippen molar-refractivity contribution < 1.29 is 18.0 Å². The molecule has 144 valence electrons. The number of benzene rings is 1. The number of carbonyl (C=O) groups excluding carboxylic acids is 2. The van der Waals surface area contributed by atoms with Crippen LogP contribution in [0.4, 0.5) is 5.69 Å². The minimum Gasteiger partial charge on any atom is -0.369 e. The van der Waals surface area contributed by atoms with Crippen LogP contribution in [0.1, 0.15) is 18.4 Å². The Morgan fingerprint density at radius 1 is 1.22 bits per heavy atom. The number of piperidine rings is 1. The molecule has 0 bridgehead atoms. The second-order valence-corrected chi connectivity index (χ2v) is 9.54. The van der Waals surface area contributed by atoms with Gasteiger partial charge in [0.2, 0.25) is 11.8 Å². The summed E-state index contributed by atoms with van der Waals surface area (Å²) in [7, 11) is -3.57. The highest BCUT2D eigenvalue weighted by Gasteiger charge is 2.34. The second-order valence-electron chi connectivity index (χ2n) is 6.42. The van der Waals surface area contributed by atoms with Crippen LogP contribution in [0.3, 0.4) is 0 Å². The minimum atomic E-state index is -3.57. The van der Waals surface area contributed by atoms with E-state index in [2.05, 4.69) is 5.32 Å². The molecular weight excluding hydrogens is 386 g/mol. The summed E-state index contributed by atoms with van der Waals surface area (Å²) in [5.41, 5.74) is 6.42. The zero-order valence-electron chi connectivity index (χ0n) is 14.6. The largest absolute Gasteiger partial charge is 0.369 e. The van der Waals surface area contributed by atoms with Crippen LogP contribution in [-0.4, -0.2) is 37.6 Å². The molecule has 0 spiro atoms. The van der Waals surface area contributed by atoms with Crippen molar-refractivity contribution in [2.75, 3.05) is 18.4 Å². The van der Waals surface area contributed by atoms with Crippen molar-refractivity contribution >= 4 is 38.9 Å². The third-order valence-electron chi connectivity index (χ3n) is 4.48. The van der Waals surface area contributed by atoms with Gasteiger partial charge < -0.3 is 11.1 Å². The number of nitrogens with two attached hydrogens (primary N) is 1. The topological polar surface area (TPSA) is 110 Å². The molecule has 0 saturated carbocycles. The molecule has 2 aromatic rings. The number of nitrogens with zero attached hydrogens (tertiary/aromatic N) is 1. The number of para-hydroxylation sites is 1. The maximum atomic E-state index is 12.7. The van der Waals surface area contributed by atoms with Gasteiger partial charge in [0.05, 0.1) is 12.3 Å². The van der Waals surface area contributed by atoms with Crippen molar-refractivity contribution in [1.82, 2.24) is 4.31 Å². The van der Waals surface area contributed by atoms with Gasteiger partial charge in [-0.1, -0.05) is 24.3 Å². The Morgan fingerprint density at radius 2 is 2.00 bits per heavy atom. The fourth-order valence-corrected chi connectivity index (χ4v) is 5.80. The van der Waals surface area contributed by atoms with E-state index < -0.39 is 21.8 Å². The van der Waals surface area contributed by atoms with Gasteiger partial charge >= 0.3 is 0 Å². The number of sulfonamides is 1. The Labute approximate surface area is 162 Å². The predicted octanol–water partition coefficient (Wildman–Crippen LogP) is 1.82. The van der Waals surface area contributed by atoms with Crippen molar-refractivity contribution in [3.63, 3.8) is 0 Å². The van der Waals surface area contributed by atoms with Crippen LogP contribution in [-0.2, 0) is 26.0 Å². The highest BCUT2D eigenvalue weighted by Crippen LogP contribution is 2.27. The molecule has 1 aromatic carbocycles. The van der Waals surface area contributed by atoms with Gasteiger partial charge in [-0.15, -0.1) is 11.3 Å². The number of nitrogens with one attached hydrogen (secondary N) is 1. The molecule has 7 nitrogen and oxygen atoms in total. The molecule has 0 aliphatic carbocycles. The van der Waals surface area contributed by atoms with Crippen molar-refractivity contribution in [2.45, 2.75) is 23.5 Å². The summed E-state index contributed by atoms with van der Waals surface area (Å²) in [6.07, 6.45) is 1.26. The van der Waals surface area contributed by atoms with E-state index in [1.54, 1.807) is 41.8 Å². The average molecular weight is 408 g/mol. The van der Waals surface area contributed by atoms with Gasteiger partial charge in [-0.2, -0.15) is 4.31 Å². The summed E-state index contributed by atoms with van der Waals surface area (Å²) in [4.78, 5) is 23.9. The molecule has 1 aliphatic rings. The molecule has 27 heavy (non-hydrogen) atoms. The lowest BCUT2D eigenvalue weighted by atomic mass is 9.98. The summed E-state index contributed by atoms with van der Waals surface area (Å²) in [6.45, 7) is 0.548. The summed E-state index contributed by atoms with van der Waals surface area (Å²) >= 11 is 1.17. The SMILES string of the molecule is NC(=O)Cc1ccccc1NC(=O)C1CCCN(S(=O)(=O)c2cccs2)C1. The number of amides is 2. The second kappa shape index (κ2) is 8.20. The van der Waals surface area contributed by atoms with E-state index in [9.17, 15) is 18.0 Å². The highest BCUT2D eigenvalue weighted by molar-refractivity contribution is 7.91. The first kappa shape index (κ1) is 19.5. The molecule has 1 saturated heterocycles. The summed E-state index contributed by atoms with van der Waals surface area (Å²) < 4.78 is 27.1. The lowest BCUT2D eigenvalue weighted by molar-refractivity contribution is -0.121. The Hall–Kier alpha value is -2.23. The number of primary amides is 1. The van der Waals surface area contributed by atoms with Crippen LogP contribution in [0.5, 0.6) is 0 Å². The van der Waals surface area contributed by atoms with Gasteiger partial charge in [-0.3, -0.25) is 9.59 Å². The van der Waals surface area contributed by atoms with E-state index in [-0.39, 0.29) is 23.1 Å².